The Balaban J connectivity index is 1.49. The number of alkyl halides is 3. The standard InChI is InChI=1S/C31H33F3N2O4S/c1-20-8-7-9-24(21(20)2)22-12-14-23(15-13-22)30-26(18-29(37)38)36-17-6-5-16-35(19-27(30)36)41(39,40)28-11-4-3-10-25(28)31(32,33)34/h3-4,7-15,26-27,30H,5-6,16-19H2,1-2H3,(H,37,38)/t26?,27-,30+/m0/s1. The van der Waals surface area contributed by atoms with Crippen LogP contribution in [-0.4, -0.2) is 60.4 Å². The van der Waals surface area contributed by atoms with E-state index in [2.05, 4.69) is 6.92 Å². The molecule has 6 nitrogen and oxygen atoms in total. The van der Waals surface area contributed by atoms with Gasteiger partial charge in [0, 0.05) is 31.1 Å². The van der Waals surface area contributed by atoms with Crippen molar-refractivity contribution in [3.63, 3.8) is 0 Å². The Morgan fingerprint density at radius 2 is 1.63 bits per heavy atom. The minimum atomic E-state index is -4.82. The number of rotatable bonds is 6. The topological polar surface area (TPSA) is 77.9 Å². The molecule has 2 heterocycles. The highest BCUT2D eigenvalue weighted by molar-refractivity contribution is 7.89. The summed E-state index contributed by atoms with van der Waals surface area (Å²) >= 11 is 0. The van der Waals surface area contributed by atoms with E-state index in [1.165, 1.54) is 23.3 Å². The molecule has 2 aliphatic rings. The summed E-state index contributed by atoms with van der Waals surface area (Å²) in [6.45, 7) is 4.79. The SMILES string of the molecule is Cc1cccc(-c2ccc([C@@H]3C(CC(=O)O)N4CCCCN(S(=O)(=O)c5ccccc5C(F)(F)F)C[C@@H]34)cc2)c1C. The van der Waals surface area contributed by atoms with Crippen molar-refractivity contribution in [2.45, 2.75) is 62.2 Å². The van der Waals surface area contributed by atoms with Gasteiger partial charge in [0.15, 0.2) is 0 Å². The van der Waals surface area contributed by atoms with Crippen LogP contribution in [0.1, 0.15) is 47.4 Å². The number of carboxylic acids is 1. The highest BCUT2D eigenvalue weighted by Gasteiger charge is 2.51. The summed E-state index contributed by atoms with van der Waals surface area (Å²) in [5.74, 6) is -1.23. The molecule has 5 rings (SSSR count). The molecule has 0 saturated carbocycles. The summed E-state index contributed by atoms with van der Waals surface area (Å²) in [4.78, 5) is 13.1. The number of sulfonamides is 1. The molecule has 218 valence electrons. The van der Waals surface area contributed by atoms with Crippen molar-refractivity contribution in [3.8, 4) is 11.1 Å². The van der Waals surface area contributed by atoms with Gasteiger partial charge in [0.1, 0.15) is 0 Å². The molecule has 41 heavy (non-hydrogen) atoms. The lowest BCUT2D eigenvalue weighted by Gasteiger charge is -2.57. The Labute approximate surface area is 238 Å². The molecule has 2 saturated heterocycles. The lowest BCUT2D eigenvalue weighted by atomic mass is 9.72. The number of carbonyl (C=O) groups is 1. The molecular formula is C31H33F3N2O4S. The predicted octanol–water partition coefficient (Wildman–Crippen LogP) is 6.09. The van der Waals surface area contributed by atoms with Gasteiger partial charge in [-0.05, 0) is 73.2 Å². The number of halogens is 3. The van der Waals surface area contributed by atoms with E-state index in [1.807, 2.05) is 54.3 Å². The molecule has 3 aromatic carbocycles. The lowest BCUT2D eigenvalue weighted by molar-refractivity contribution is -0.142. The van der Waals surface area contributed by atoms with Crippen LogP contribution in [0.4, 0.5) is 13.2 Å². The van der Waals surface area contributed by atoms with Crippen molar-refractivity contribution in [3.05, 3.63) is 89.0 Å². The van der Waals surface area contributed by atoms with Crippen LogP contribution in [0.3, 0.4) is 0 Å². The molecule has 0 radical (unpaired) electrons. The summed E-state index contributed by atoms with van der Waals surface area (Å²) in [6.07, 6.45) is -3.85. The number of aliphatic carboxylic acids is 1. The van der Waals surface area contributed by atoms with E-state index in [4.69, 9.17) is 0 Å². The summed E-state index contributed by atoms with van der Waals surface area (Å²) in [7, 11) is -4.47. The van der Waals surface area contributed by atoms with Gasteiger partial charge in [0.25, 0.3) is 0 Å². The highest BCUT2D eigenvalue weighted by atomic mass is 32.2. The van der Waals surface area contributed by atoms with Crippen molar-refractivity contribution in [1.82, 2.24) is 9.21 Å². The van der Waals surface area contributed by atoms with Gasteiger partial charge in [0.2, 0.25) is 10.0 Å². The van der Waals surface area contributed by atoms with Crippen molar-refractivity contribution in [2.75, 3.05) is 19.6 Å². The van der Waals surface area contributed by atoms with Gasteiger partial charge < -0.3 is 5.11 Å². The molecule has 3 atom stereocenters. The third-order valence-electron chi connectivity index (χ3n) is 8.55. The van der Waals surface area contributed by atoms with Crippen molar-refractivity contribution in [1.29, 1.82) is 0 Å². The van der Waals surface area contributed by atoms with Crippen LogP contribution in [0.5, 0.6) is 0 Å². The first-order valence-electron chi connectivity index (χ1n) is 13.7. The van der Waals surface area contributed by atoms with Gasteiger partial charge >= 0.3 is 12.1 Å². The number of aryl methyl sites for hydroxylation is 1. The van der Waals surface area contributed by atoms with E-state index in [9.17, 15) is 31.5 Å². The van der Waals surface area contributed by atoms with Crippen LogP contribution >= 0.6 is 0 Å². The first kappa shape index (κ1) is 29.3. The normalized spacial score (nSPS) is 22.3. The summed E-state index contributed by atoms with van der Waals surface area (Å²) in [5.41, 5.74) is 4.16. The zero-order valence-electron chi connectivity index (χ0n) is 22.9. The number of benzene rings is 3. The number of nitrogens with zero attached hydrogens (tertiary/aromatic N) is 2. The fourth-order valence-electron chi connectivity index (χ4n) is 6.35. The predicted molar refractivity (Wildman–Crippen MR) is 150 cm³/mol. The Morgan fingerprint density at radius 3 is 2.32 bits per heavy atom. The van der Waals surface area contributed by atoms with Crippen LogP contribution < -0.4 is 0 Å². The number of carboxylic acid groups (broad SMARTS) is 1. The molecule has 1 unspecified atom stereocenters. The maximum atomic E-state index is 13.8. The van der Waals surface area contributed by atoms with Crippen LogP contribution in [0.2, 0.25) is 0 Å². The molecule has 2 aliphatic heterocycles. The summed E-state index contributed by atoms with van der Waals surface area (Å²) in [5, 5.41) is 9.68. The molecule has 3 aromatic rings. The fourth-order valence-corrected chi connectivity index (χ4v) is 8.05. The molecule has 1 N–H and O–H groups in total. The third kappa shape index (κ3) is 5.65. The van der Waals surface area contributed by atoms with E-state index in [1.54, 1.807) is 0 Å². The quantitative estimate of drug-likeness (QED) is 0.379. The first-order valence-corrected chi connectivity index (χ1v) is 15.1. The zero-order chi connectivity index (χ0) is 29.5. The smallest absolute Gasteiger partial charge is 0.417 e. The van der Waals surface area contributed by atoms with E-state index in [-0.39, 0.29) is 37.5 Å². The number of hydrogen-bond acceptors (Lipinski definition) is 4. The molecule has 0 aromatic heterocycles. The maximum absolute atomic E-state index is 13.8. The van der Waals surface area contributed by atoms with Gasteiger partial charge in [0.05, 0.1) is 16.9 Å². The van der Waals surface area contributed by atoms with Crippen LogP contribution in [0.15, 0.2) is 71.6 Å². The van der Waals surface area contributed by atoms with Gasteiger partial charge in [-0.15, -0.1) is 0 Å². The van der Waals surface area contributed by atoms with Crippen molar-refractivity contribution >= 4 is 16.0 Å². The summed E-state index contributed by atoms with van der Waals surface area (Å²) < 4.78 is 69.8. The van der Waals surface area contributed by atoms with Crippen molar-refractivity contribution < 1.29 is 31.5 Å². The highest BCUT2D eigenvalue weighted by Crippen LogP contribution is 2.45. The molecule has 10 heteroatoms. The van der Waals surface area contributed by atoms with Crippen LogP contribution in [0.25, 0.3) is 11.1 Å². The molecule has 0 spiro atoms. The molecule has 0 bridgehead atoms. The van der Waals surface area contributed by atoms with Crippen LogP contribution in [-0.2, 0) is 21.0 Å². The number of hydrogen-bond donors (Lipinski definition) is 1. The van der Waals surface area contributed by atoms with Crippen molar-refractivity contribution in [2.24, 2.45) is 0 Å². The lowest BCUT2D eigenvalue weighted by Crippen LogP contribution is -2.67. The number of fused-ring (bicyclic) bond motifs is 1. The second-order valence-electron chi connectivity index (χ2n) is 10.9. The van der Waals surface area contributed by atoms with Gasteiger partial charge in [-0.1, -0.05) is 54.6 Å². The van der Waals surface area contributed by atoms with Gasteiger partial charge in [-0.25, -0.2) is 8.42 Å². The molecule has 0 aliphatic carbocycles. The van der Waals surface area contributed by atoms with E-state index in [0.717, 1.165) is 33.1 Å². The average Bonchev–Trinajstić information content (AvgIpc) is 2.91. The average molecular weight is 587 g/mol. The second-order valence-corrected chi connectivity index (χ2v) is 12.8. The molecule has 0 amide bonds. The Kier molecular flexibility index (Phi) is 8.02. The Hall–Kier alpha value is -3.21. The fraction of sp³-hybridized carbons (Fsp3) is 0.387. The molecule has 2 fully saturated rings. The Morgan fingerprint density at radius 1 is 0.951 bits per heavy atom. The summed E-state index contributed by atoms with van der Waals surface area (Å²) in [6, 6.07) is 17.6. The Bertz CT molecular complexity index is 1540. The molecular weight excluding hydrogens is 553 g/mol. The minimum Gasteiger partial charge on any atom is -0.481 e. The zero-order valence-corrected chi connectivity index (χ0v) is 23.8. The van der Waals surface area contributed by atoms with Gasteiger partial charge in [-0.2, -0.15) is 17.5 Å². The largest absolute Gasteiger partial charge is 0.481 e. The van der Waals surface area contributed by atoms with E-state index >= 15 is 0 Å². The van der Waals surface area contributed by atoms with E-state index in [0.29, 0.717) is 19.4 Å². The second kappa shape index (κ2) is 11.2. The minimum absolute atomic E-state index is 0.0198. The monoisotopic (exact) mass is 586 g/mol. The van der Waals surface area contributed by atoms with Crippen LogP contribution in [0, 0.1) is 13.8 Å². The maximum Gasteiger partial charge on any atom is 0.417 e. The third-order valence-corrected chi connectivity index (χ3v) is 10.5. The first-order chi connectivity index (χ1) is 19.4. The van der Waals surface area contributed by atoms with E-state index < -0.39 is 32.6 Å². The van der Waals surface area contributed by atoms with Gasteiger partial charge in [-0.3, -0.25) is 9.69 Å².